The summed E-state index contributed by atoms with van der Waals surface area (Å²) in [5.41, 5.74) is 0.519. The van der Waals surface area contributed by atoms with Crippen molar-refractivity contribution in [1.82, 2.24) is 10.2 Å². The summed E-state index contributed by atoms with van der Waals surface area (Å²) in [6.45, 7) is 4.40. The lowest BCUT2D eigenvalue weighted by atomic mass is 10.1. The minimum atomic E-state index is -3.96. The lowest BCUT2D eigenvalue weighted by Gasteiger charge is -2.32. The summed E-state index contributed by atoms with van der Waals surface area (Å²) < 4.78 is 31.6. The minimum Gasteiger partial charge on any atom is -0.495 e. The van der Waals surface area contributed by atoms with E-state index in [-0.39, 0.29) is 29.0 Å². The third kappa shape index (κ3) is 7.64. The number of methoxy groups -OCH3 is 1. The molecule has 0 saturated carbocycles. The van der Waals surface area contributed by atoms with E-state index in [0.717, 1.165) is 10.6 Å². The molecule has 35 heavy (non-hydrogen) atoms. The van der Waals surface area contributed by atoms with Gasteiger partial charge in [-0.05, 0) is 51.1 Å². The highest BCUT2D eigenvalue weighted by Crippen LogP contribution is 2.33. The van der Waals surface area contributed by atoms with Crippen molar-refractivity contribution in [3.05, 3.63) is 57.0 Å². The van der Waals surface area contributed by atoms with Crippen LogP contribution in [0.5, 0.6) is 5.75 Å². The van der Waals surface area contributed by atoms with Crippen LogP contribution >= 0.6 is 34.8 Å². The fourth-order valence-electron chi connectivity index (χ4n) is 3.29. The summed E-state index contributed by atoms with van der Waals surface area (Å²) in [5, 5.41) is 3.64. The highest BCUT2D eigenvalue weighted by atomic mass is 35.5. The smallest absolute Gasteiger partial charge is 0.244 e. The Kier molecular flexibility index (Phi) is 10.1. The number of ether oxygens (including phenoxy) is 1. The molecule has 1 N–H and O–H groups in total. The quantitative estimate of drug-likeness (QED) is 0.463. The number of nitrogens with zero attached hydrogens (tertiary/aromatic N) is 2. The maximum absolute atomic E-state index is 13.6. The van der Waals surface area contributed by atoms with Gasteiger partial charge in [0.2, 0.25) is 21.8 Å². The molecule has 0 aliphatic heterocycles. The number of nitrogens with one attached hydrogen (secondary N) is 1. The van der Waals surface area contributed by atoms with Gasteiger partial charge in [-0.3, -0.25) is 13.9 Å². The summed E-state index contributed by atoms with van der Waals surface area (Å²) in [4.78, 5) is 27.6. The van der Waals surface area contributed by atoms with Crippen molar-refractivity contribution in [2.45, 2.75) is 39.4 Å². The Labute approximate surface area is 221 Å². The van der Waals surface area contributed by atoms with E-state index in [1.807, 2.05) is 0 Å². The van der Waals surface area contributed by atoms with E-state index in [9.17, 15) is 18.0 Å². The van der Waals surface area contributed by atoms with Crippen LogP contribution in [0.25, 0.3) is 0 Å². The van der Waals surface area contributed by atoms with Crippen molar-refractivity contribution >= 4 is 62.3 Å². The third-order valence-corrected chi connectivity index (χ3v) is 7.15. The molecule has 0 radical (unpaired) electrons. The number of hydrogen-bond donors (Lipinski definition) is 1. The molecule has 2 amide bonds. The topological polar surface area (TPSA) is 96.0 Å². The molecule has 192 valence electrons. The van der Waals surface area contributed by atoms with Crippen molar-refractivity contribution in [3.8, 4) is 5.75 Å². The predicted octanol–water partition coefficient (Wildman–Crippen LogP) is 4.36. The van der Waals surface area contributed by atoms with Gasteiger partial charge in [0, 0.05) is 33.2 Å². The second-order valence-corrected chi connectivity index (χ2v) is 11.3. The van der Waals surface area contributed by atoms with Gasteiger partial charge in [-0.15, -0.1) is 0 Å². The minimum absolute atomic E-state index is 0.0888. The number of halogens is 3. The largest absolute Gasteiger partial charge is 0.495 e. The van der Waals surface area contributed by atoms with Crippen molar-refractivity contribution in [2.24, 2.45) is 0 Å². The number of carbonyl (C=O) groups is 2. The molecule has 0 unspecified atom stereocenters. The van der Waals surface area contributed by atoms with Crippen molar-refractivity contribution in [2.75, 3.05) is 24.2 Å². The number of sulfonamides is 1. The van der Waals surface area contributed by atoms with Gasteiger partial charge in [-0.1, -0.05) is 40.9 Å². The summed E-state index contributed by atoms with van der Waals surface area (Å²) in [5.74, 6) is -0.860. The van der Waals surface area contributed by atoms with Gasteiger partial charge in [-0.25, -0.2) is 8.42 Å². The zero-order valence-corrected chi connectivity index (χ0v) is 23.1. The first-order valence-electron chi connectivity index (χ1n) is 10.6. The molecular weight excluding hydrogens is 537 g/mol. The van der Waals surface area contributed by atoms with E-state index in [0.29, 0.717) is 15.6 Å². The number of benzene rings is 2. The molecular formula is C23H28Cl3N3O5S. The van der Waals surface area contributed by atoms with Crippen LogP contribution in [0.1, 0.15) is 26.3 Å². The highest BCUT2D eigenvalue weighted by Gasteiger charge is 2.32. The Morgan fingerprint density at radius 3 is 2.17 bits per heavy atom. The lowest BCUT2D eigenvalue weighted by molar-refractivity contribution is -0.139. The van der Waals surface area contributed by atoms with Crippen LogP contribution in [0.3, 0.4) is 0 Å². The Morgan fingerprint density at radius 1 is 1.06 bits per heavy atom. The SMILES string of the molecule is COc1ccc(Cl)cc1N(CC(=O)N(Cc1c(Cl)cccc1Cl)[C@@H](C)C(=O)NC(C)C)S(C)(=O)=O. The number of amides is 2. The summed E-state index contributed by atoms with van der Waals surface area (Å²) in [7, 11) is -2.58. The van der Waals surface area contributed by atoms with Gasteiger partial charge in [0.15, 0.2) is 0 Å². The maximum atomic E-state index is 13.6. The summed E-state index contributed by atoms with van der Waals surface area (Å²) >= 11 is 18.7. The molecule has 2 rings (SSSR count). The highest BCUT2D eigenvalue weighted by molar-refractivity contribution is 7.92. The van der Waals surface area contributed by atoms with E-state index in [1.54, 1.807) is 39.0 Å². The first-order valence-corrected chi connectivity index (χ1v) is 13.6. The molecule has 0 aromatic heterocycles. The molecule has 0 heterocycles. The second kappa shape index (κ2) is 12.2. The number of anilines is 1. The second-order valence-electron chi connectivity index (χ2n) is 8.15. The predicted molar refractivity (Wildman–Crippen MR) is 140 cm³/mol. The van der Waals surface area contributed by atoms with Crippen LogP contribution in [0, 0.1) is 0 Å². The fourth-order valence-corrected chi connectivity index (χ4v) is 4.82. The van der Waals surface area contributed by atoms with E-state index in [2.05, 4.69) is 5.32 Å². The lowest BCUT2D eigenvalue weighted by Crippen LogP contribution is -2.52. The van der Waals surface area contributed by atoms with Crippen LogP contribution in [0.4, 0.5) is 5.69 Å². The third-order valence-electron chi connectivity index (χ3n) is 5.08. The number of hydrogen-bond acceptors (Lipinski definition) is 5. The van der Waals surface area contributed by atoms with Gasteiger partial charge in [0.1, 0.15) is 18.3 Å². The standard InChI is InChI=1S/C23H28Cl3N3O5S/c1-14(2)27-23(31)15(3)28(12-17-18(25)7-6-8-19(17)26)22(30)13-29(35(5,32)33)20-11-16(24)9-10-21(20)34-4/h6-11,14-15H,12-13H2,1-5H3,(H,27,31)/t15-/m0/s1. The molecule has 0 aliphatic rings. The monoisotopic (exact) mass is 563 g/mol. The van der Waals surface area contributed by atoms with Crippen LogP contribution in [-0.2, 0) is 26.2 Å². The van der Waals surface area contributed by atoms with Crippen LogP contribution in [-0.4, -0.2) is 57.1 Å². The number of carbonyl (C=O) groups excluding carboxylic acids is 2. The average molecular weight is 565 g/mol. The van der Waals surface area contributed by atoms with E-state index < -0.39 is 34.4 Å². The van der Waals surface area contributed by atoms with Crippen molar-refractivity contribution < 1.29 is 22.7 Å². The number of rotatable bonds is 10. The molecule has 0 fully saturated rings. The molecule has 0 aliphatic carbocycles. The van der Waals surface area contributed by atoms with E-state index in [4.69, 9.17) is 39.5 Å². The van der Waals surface area contributed by atoms with Gasteiger partial charge in [0.25, 0.3) is 0 Å². The molecule has 2 aromatic carbocycles. The molecule has 2 aromatic rings. The van der Waals surface area contributed by atoms with Gasteiger partial charge in [-0.2, -0.15) is 0 Å². The maximum Gasteiger partial charge on any atom is 0.244 e. The Balaban J connectivity index is 2.52. The zero-order chi connectivity index (χ0) is 26.5. The molecule has 0 spiro atoms. The van der Waals surface area contributed by atoms with Crippen LogP contribution < -0.4 is 14.4 Å². The first kappa shape index (κ1) is 29.0. The van der Waals surface area contributed by atoms with E-state index >= 15 is 0 Å². The van der Waals surface area contributed by atoms with Crippen LogP contribution in [0.2, 0.25) is 15.1 Å². The first-order chi connectivity index (χ1) is 16.3. The Hall–Kier alpha value is -2.20. The molecule has 12 heteroatoms. The average Bonchev–Trinajstić information content (AvgIpc) is 2.75. The van der Waals surface area contributed by atoms with Crippen molar-refractivity contribution in [1.29, 1.82) is 0 Å². The van der Waals surface area contributed by atoms with Gasteiger partial charge >= 0.3 is 0 Å². The Bertz CT molecular complexity index is 1170. The van der Waals surface area contributed by atoms with Crippen LogP contribution in [0.15, 0.2) is 36.4 Å². The molecule has 0 bridgehead atoms. The summed E-state index contributed by atoms with van der Waals surface area (Å²) in [6, 6.07) is 8.18. The fraction of sp³-hybridized carbons (Fsp3) is 0.391. The van der Waals surface area contributed by atoms with Gasteiger partial charge in [0.05, 0.1) is 19.1 Å². The van der Waals surface area contributed by atoms with Gasteiger partial charge < -0.3 is 15.0 Å². The molecule has 1 atom stereocenters. The van der Waals surface area contributed by atoms with E-state index in [1.165, 1.54) is 30.2 Å². The molecule has 0 saturated heterocycles. The Morgan fingerprint density at radius 2 is 1.66 bits per heavy atom. The molecule has 8 nitrogen and oxygen atoms in total. The zero-order valence-electron chi connectivity index (χ0n) is 20.0. The van der Waals surface area contributed by atoms with Crippen molar-refractivity contribution in [3.63, 3.8) is 0 Å². The normalized spacial score (nSPS) is 12.3. The summed E-state index contributed by atoms with van der Waals surface area (Å²) in [6.07, 6.45) is 0.963.